The van der Waals surface area contributed by atoms with E-state index in [2.05, 4.69) is 60.4 Å². The Labute approximate surface area is 135 Å². The van der Waals surface area contributed by atoms with E-state index in [0.29, 0.717) is 18.2 Å². The standard InChI is InChI=1S/C17H32N4O/c1-13-10-21(11-14(2)22-13)17(3,4)12-19-16(18-5)20-15-8-6-7-9-15/h6-7,13-15H,8-12H2,1-5H3,(H2,18,19,20). The molecule has 1 heterocycles. The highest BCUT2D eigenvalue weighted by atomic mass is 16.5. The average Bonchev–Trinajstić information content (AvgIpc) is 2.95. The quantitative estimate of drug-likeness (QED) is 0.472. The van der Waals surface area contributed by atoms with E-state index in [4.69, 9.17) is 4.74 Å². The van der Waals surface area contributed by atoms with E-state index < -0.39 is 0 Å². The summed E-state index contributed by atoms with van der Waals surface area (Å²) in [6, 6.07) is 0.484. The molecule has 5 heteroatoms. The van der Waals surface area contributed by atoms with Crippen molar-refractivity contribution in [2.45, 2.75) is 64.3 Å². The van der Waals surface area contributed by atoms with Crippen molar-refractivity contribution >= 4 is 5.96 Å². The summed E-state index contributed by atoms with van der Waals surface area (Å²) in [5.41, 5.74) is 0.0673. The number of ether oxygens (including phenoxy) is 1. The summed E-state index contributed by atoms with van der Waals surface area (Å²) in [5.74, 6) is 0.899. The minimum atomic E-state index is 0.0673. The summed E-state index contributed by atoms with van der Waals surface area (Å²) < 4.78 is 5.84. The topological polar surface area (TPSA) is 48.9 Å². The van der Waals surface area contributed by atoms with Crippen LogP contribution in [0.5, 0.6) is 0 Å². The summed E-state index contributed by atoms with van der Waals surface area (Å²) in [7, 11) is 1.84. The van der Waals surface area contributed by atoms with E-state index in [0.717, 1.165) is 38.4 Å². The van der Waals surface area contributed by atoms with Gasteiger partial charge in [-0.05, 0) is 40.5 Å². The summed E-state index contributed by atoms with van der Waals surface area (Å²) in [6.45, 7) is 11.7. The van der Waals surface area contributed by atoms with Gasteiger partial charge in [0.15, 0.2) is 5.96 Å². The third-order valence-corrected chi connectivity index (χ3v) is 4.54. The molecule has 0 spiro atoms. The molecule has 1 aliphatic carbocycles. The Kier molecular flexibility index (Phi) is 5.87. The zero-order valence-corrected chi connectivity index (χ0v) is 14.7. The molecule has 1 fully saturated rings. The van der Waals surface area contributed by atoms with E-state index in [-0.39, 0.29) is 5.54 Å². The van der Waals surface area contributed by atoms with Gasteiger partial charge in [-0.1, -0.05) is 12.2 Å². The maximum Gasteiger partial charge on any atom is 0.191 e. The lowest BCUT2D eigenvalue weighted by Gasteiger charge is -2.45. The molecule has 2 unspecified atom stereocenters. The van der Waals surface area contributed by atoms with Crippen LogP contribution in [0.2, 0.25) is 0 Å². The first-order chi connectivity index (χ1) is 10.4. The van der Waals surface area contributed by atoms with Gasteiger partial charge in [-0.25, -0.2) is 0 Å². The third kappa shape index (κ3) is 4.71. The lowest BCUT2D eigenvalue weighted by molar-refractivity contribution is -0.0946. The summed E-state index contributed by atoms with van der Waals surface area (Å²) in [4.78, 5) is 6.87. The first-order valence-electron chi connectivity index (χ1n) is 8.43. The minimum absolute atomic E-state index is 0.0673. The van der Waals surface area contributed by atoms with Crippen molar-refractivity contribution in [1.82, 2.24) is 15.5 Å². The number of nitrogens with one attached hydrogen (secondary N) is 2. The van der Waals surface area contributed by atoms with Crippen molar-refractivity contribution in [3.05, 3.63) is 12.2 Å². The van der Waals surface area contributed by atoms with Gasteiger partial charge in [0.25, 0.3) is 0 Å². The SMILES string of the molecule is CN=C(NCC(C)(C)N1CC(C)OC(C)C1)NC1CC=CC1. The molecule has 126 valence electrons. The van der Waals surface area contributed by atoms with Gasteiger partial charge in [0.2, 0.25) is 0 Å². The molecule has 1 aliphatic heterocycles. The predicted molar refractivity (Wildman–Crippen MR) is 92.3 cm³/mol. The van der Waals surface area contributed by atoms with Crippen LogP contribution in [0.1, 0.15) is 40.5 Å². The van der Waals surface area contributed by atoms with Crippen LogP contribution in [0.15, 0.2) is 17.1 Å². The minimum Gasteiger partial charge on any atom is -0.373 e. The number of aliphatic imine (C=N–C) groups is 1. The zero-order valence-electron chi connectivity index (χ0n) is 14.7. The van der Waals surface area contributed by atoms with Crippen LogP contribution >= 0.6 is 0 Å². The molecule has 2 atom stereocenters. The Morgan fingerprint density at radius 3 is 2.36 bits per heavy atom. The van der Waals surface area contributed by atoms with Crippen molar-refractivity contribution < 1.29 is 4.74 Å². The number of guanidine groups is 1. The summed E-state index contributed by atoms with van der Waals surface area (Å²) in [6.07, 6.45) is 7.22. The molecule has 0 bridgehead atoms. The highest BCUT2D eigenvalue weighted by Gasteiger charge is 2.33. The molecule has 0 aromatic heterocycles. The molecular formula is C17H32N4O. The second-order valence-electron chi connectivity index (χ2n) is 7.18. The maximum absolute atomic E-state index is 5.84. The normalized spacial score (nSPS) is 28.1. The number of morpholine rings is 1. The highest BCUT2D eigenvalue weighted by molar-refractivity contribution is 5.80. The fraction of sp³-hybridized carbons (Fsp3) is 0.824. The molecule has 2 aliphatic rings. The molecule has 0 radical (unpaired) electrons. The van der Waals surface area contributed by atoms with Crippen molar-refractivity contribution in [3.63, 3.8) is 0 Å². The number of rotatable bonds is 4. The first kappa shape index (κ1) is 17.3. The number of nitrogens with zero attached hydrogens (tertiary/aromatic N) is 2. The van der Waals surface area contributed by atoms with Crippen molar-refractivity contribution in [2.75, 3.05) is 26.7 Å². The van der Waals surface area contributed by atoms with Crippen LogP contribution in [-0.4, -0.2) is 61.3 Å². The molecule has 0 aromatic rings. The molecule has 1 saturated heterocycles. The molecule has 2 rings (SSSR count). The van der Waals surface area contributed by atoms with Crippen LogP contribution in [0.25, 0.3) is 0 Å². The molecule has 22 heavy (non-hydrogen) atoms. The van der Waals surface area contributed by atoms with E-state index in [1.165, 1.54) is 0 Å². The zero-order chi connectivity index (χ0) is 16.2. The van der Waals surface area contributed by atoms with Gasteiger partial charge >= 0.3 is 0 Å². The van der Waals surface area contributed by atoms with Gasteiger partial charge in [0.1, 0.15) is 0 Å². The van der Waals surface area contributed by atoms with E-state index >= 15 is 0 Å². The predicted octanol–water partition coefficient (Wildman–Crippen LogP) is 1.76. The van der Waals surface area contributed by atoms with Crippen LogP contribution < -0.4 is 10.6 Å². The Bertz CT molecular complexity index is 401. The lowest BCUT2D eigenvalue weighted by Crippen LogP contribution is -2.59. The van der Waals surface area contributed by atoms with Gasteiger partial charge in [0, 0.05) is 38.3 Å². The highest BCUT2D eigenvalue weighted by Crippen LogP contribution is 2.20. The number of hydrogen-bond acceptors (Lipinski definition) is 3. The van der Waals surface area contributed by atoms with E-state index in [1.807, 2.05) is 7.05 Å². The monoisotopic (exact) mass is 308 g/mol. The van der Waals surface area contributed by atoms with Crippen molar-refractivity contribution in [1.29, 1.82) is 0 Å². The van der Waals surface area contributed by atoms with Gasteiger partial charge in [-0.2, -0.15) is 0 Å². The Hall–Kier alpha value is -1.07. The Morgan fingerprint density at radius 1 is 1.23 bits per heavy atom. The largest absolute Gasteiger partial charge is 0.373 e. The van der Waals surface area contributed by atoms with E-state index in [1.54, 1.807) is 0 Å². The van der Waals surface area contributed by atoms with E-state index in [9.17, 15) is 0 Å². The molecule has 2 N–H and O–H groups in total. The molecule has 0 saturated carbocycles. The number of hydrogen-bond donors (Lipinski definition) is 2. The van der Waals surface area contributed by atoms with Crippen LogP contribution in [0.3, 0.4) is 0 Å². The fourth-order valence-electron chi connectivity index (χ4n) is 3.21. The van der Waals surface area contributed by atoms with Crippen molar-refractivity contribution in [3.8, 4) is 0 Å². The van der Waals surface area contributed by atoms with Gasteiger partial charge < -0.3 is 15.4 Å². The van der Waals surface area contributed by atoms with Gasteiger partial charge in [0.05, 0.1) is 12.2 Å². The third-order valence-electron chi connectivity index (χ3n) is 4.54. The van der Waals surface area contributed by atoms with Crippen LogP contribution in [0, 0.1) is 0 Å². The molecule has 0 aromatic carbocycles. The maximum atomic E-state index is 5.84. The molecule has 5 nitrogen and oxygen atoms in total. The smallest absolute Gasteiger partial charge is 0.191 e. The Morgan fingerprint density at radius 2 is 1.82 bits per heavy atom. The van der Waals surface area contributed by atoms with Crippen LogP contribution in [0.4, 0.5) is 0 Å². The van der Waals surface area contributed by atoms with Gasteiger partial charge in [-0.15, -0.1) is 0 Å². The van der Waals surface area contributed by atoms with Gasteiger partial charge in [-0.3, -0.25) is 9.89 Å². The first-order valence-corrected chi connectivity index (χ1v) is 8.43. The van der Waals surface area contributed by atoms with Crippen LogP contribution in [-0.2, 0) is 4.74 Å². The Balaban J connectivity index is 1.84. The molecule has 0 amide bonds. The summed E-state index contributed by atoms with van der Waals surface area (Å²) >= 11 is 0. The second kappa shape index (κ2) is 7.47. The summed E-state index contributed by atoms with van der Waals surface area (Å²) in [5, 5.41) is 6.98. The fourth-order valence-corrected chi connectivity index (χ4v) is 3.21. The lowest BCUT2D eigenvalue weighted by atomic mass is 10.00. The average molecular weight is 308 g/mol. The molecular weight excluding hydrogens is 276 g/mol. The second-order valence-corrected chi connectivity index (χ2v) is 7.18. The van der Waals surface area contributed by atoms with Crippen molar-refractivity contribution in [2.24, 2.45) is 4.99 Å².